The lowest BCUT2D eigenvalue weighted by Crippen LogP contribution is -2.39. The number of carbonyl (C=O) groups is 1. The maximum Gasteiger partial charge on any atom is 0.368 e. The Balaban J connectivity index is 2.19. The molecule has 0 amide bonds. The number of hydrogen-bond acceptors (Lipinski definition) is 8. The quantitative estimate of drug-likeness (QED) is 0.239. The Kier molecular flexibility index (Phi) is 8.24. The van der Waals surface area contributed by atoms with E-state index in [4.69, 9.17) is 9.84 Å². The van der Waals surface area contributed by atoms with Crippen LogP contribution in [0, 0.1) is 0 Å². The van der Waals surface area contributed by atoms with Gasteiger partial charge in [-0.05, 0) is 24.8 Å². The molecular formula is C22H28FN3O5S2. The minimum absolute atomic E-state index is 0.0334. The molecule has 0 fully saturated rings. The number of halogens is 1. The van der Waals surface area contributed by atoms with Gasteiger partial charge in [-0.1, -0.05) is 38.0 Å². The molecule has 1 aromatic heterocycles. The molecule has 0 saturated carbocycles. The van der Waals surface area contributed by atoms with Gasteiger partial charge in [0.1, 0.15) is 16.2 Å². The third-order valence-electron chi connectivity index (χ3n) is 5.41. The fourth-order valence-corrected chi connectivity index (χ4v) is 5.62. The number of aliphatic carboxylic acids is 1. The number of anilines is 2. The largest absolute Gasteiger partial charge is 0.476 e. The molecule has 1 aromatic carbocycles. The van der Waals surface area contributed by atoms with E-state index < -0.39 is 22.6 Å². The number of carboxylic acids is 1. The van der Waals surface area contributed by atoms with Gasteiger partial charge in [0.2, 0.25) is 5.83 Å². The van der Waals surface area contributed by atoms with Gasteiger partial charge in [-0.3, -0.25) is 9.11 Å². The molecule has 2 aromatic rings. The molecule has 0 radical (unpaired) electrons. The van der Waals surface area contributed by atoms with Crippen LogP contribution in [0.1, 0.15) is 26.2 Å². The van der Waals surface area contributed by atoms with Crippen molar-refractivity contribution in [1.29, 1.82) is 0 Å². The lowest BCUT2D eigenvalue weighted by Gasteiger charge is -2.43. The van der Waals surface area contributed by atoms with Crippen LogP contribution in [0.15, 0.2) is 58.4 Å². The third kappa shape index (κ3) is 5.44. The number of rotatable bonds is 8. The summed E-state index contributed by atoms with van der Waals surface area (Å²) in [5.74, 6) is -2.84. The van der Waals surface area contributed by atoms with E-state index in [0.717, 1.165) is 24.9 Å². The summed E-state index contributed by atoms with van der Waals surface area (Å²) in [6, 6.07) is 10.8. The second kappa shape index (κ2) is 10.7. The molecule has 0 aliphatic carbocycles. The number of pyridine rings is 1. The van der Waals surface area contributed by atoms with E-state index in [1.165, 1.54) is 17.8 Å². The lowest BCUT2D eigenvalue weighted by atomic mass is 10.1. The van der Waals surface area contributed by atoms with E-state index in [1.807, 2.05) is 35.2 Å². The van der Waals surface area contributed by atoms with Crippen LogP contribution < -0.4 is 9.64 Å². The molecule has 0 saturated heterocycles. The standard InChI is InChI=1S/C22H28FN3O5S2/c1-4-5-9-16-13-26(15-10-7-6-8-11-15)20-19(33(29,30)25(16)2)12-18(21(24-20)32-3)31-14-17(23)22(27)28/h6-8,10-12,14,16,29-30H,4-5,9,13H2,1-3H3,(H,27,28)/b17-14-. The van der Waals surface area contributed by atoms with Crippen LogP contribution in [0.2, 0.25) is 0 Å². The highest BCUT2D eigenvalue weighted by Crippen LogP contribution is 2.59. The highest BCUT2D eigenvalue weighted by molar-refractivity contribution is 8.22. The number of benzene rings is 1. The normalized spacial score (nSPS) is 19.5. The Morgan fingerprint density at radius 1 is 1.36 bits per heavy atom. The van der Waals surface area contributed by atoms with Crippen molar-refractivity contribution in [3.63, 3.8) is 0 Å². The molecular weight excluding hydrogens is 469 g/mol. The molecule has 1 atom stereocenters. The summed E-state index contributed by atoms with van der Waals surface area (Å²) in [6.45, 7) is 2.57. The van der Waals surface area contributed by atoms with Crippen molar-refractivity contribution >= 4 is 40.0 Å². The zero-order valence-electron chi connectivity index (χ0n) is 18.6. The molecule has 0 spiro atoms. The summed E-state index contributed by atoms with van der Waals surface area (Å²) >= 11 is 1.22. The highest BCUT2D eigenvalue weighted by atomic mass is 32.3. The molecule has 33 heavy (non-hydrogen) atoms. The van der Waals surface area contributed by atoms with Crippen molar-refractivity contribution in [3.05, 3.63) is 48.5 Å². The van der Waals surface area contributed by atoms with E-state index in [2.05, 4.69) is 11.9 Å². The van der Waals surface area contributed by atoms with E-state index in [0.29, 0.717) is 23.7 Å². The first-order valence-electron chi connectivity index (χ1n) is 10.4. The summed E-state index contributed by atoms with van der Waals surface area (Å²) in [5, 5.41) is 9.12. The summed E-state index contributed by atoms with van der Waals surface area (Å²) in [5.41, 5.74) is 0.843. The molecule has 0 bridgehead atoms. The van der Waals surface area contributed by atoms with Gasteiger partial charge < -0.3 is 14.7 Å². The van der Waals surface area contributed by atoms with Gasteiger partial charge in [0, 0.05) is 31.4 Å². The number of likely N-dealkylation sites (N-methyl/N-ethyl adjacent to an activating group) is 1. The number of thioether (sulfide) groups is 1. The maximum absolute atomic E-state index is 13.5. The number of hydrogen-bond donors (Lipinski definition) is 3. The number of nitrogens with zero attached hydrogens (tertiary/aromatic N) is 3. The number of para-hydroxylation sites is 1. The van der Waals surface area contributed by atoms with Crippen LogP contribution >= 0.6 is 22.5 Å². The minimum atomic E-state index is -3.47. The smallest absolute Gasteiger partial charge is 0.368 e. The topological polar surface area (TPSA) is 106 Å². The van der Waals surface area contributed by atoms with Crippen molar-refractivity contribution in [2.24, 2.45) is 0 Å². The Morgan fingerprint density at radius 3 is 2.67 bits per heavy atom. The maximum atomic E-state index is 13.5. The van der Waals surface area contributed by atoms with Crippen molar-refractivity contribution in [2.45, 2.75) is 42.1 Å². The number of ether oxygens (including phenoxy) is 1. The average molecular weight is 498 g/mol. The average Bonchev–Trinajstić information content (AvgIpc) is 2.89. The molecule has 3 rings (SSSR count). The summed E-state index contributed by atoms with van der Waals surface area (Å²) < 4.78 is 43.0. The van der Waals surface area contributed by atoms with E-state index in [9.17, 15) is 18.3 Å². The predicted molar refractivity (Wildman–Crippen MR) is 129 cm³/mol. The van der Waals surface area contributed by atoms with Crippen LogP contribution in [0.3, 0.4) is 0 Å². The molecule has 2 heterocycles. The fraction of sp³-hybridized carbons (Fsp3) is 0.364. The number of unbranched alkanes of at least 4 members (excludes halogenated alkanes) is 1. The fourth-order valence-electron chi connectivity index (χ4n) is 3.57. The Hall–Kier alpha value is -2.31. The Labute approximate surface area is 198 Å². The van der Waals surface area contributed by atoms with Crippen LogP contribution in [0.4, 0.5) is 15.9 Å². The molecule has 11 heteroatoms. The molecule has 1 aliphatic rings. The second-order valence-electron chi connectivity index (χ2n) is 7.51. The number of fused-ring (bicyclic) bond motifs is 1. The number of carboxylic acid groups (broad SMARTS) is 1. The molecule has 1 aliphatic heterocycles. The van der Waals surface area contributed by atoms with Gasteiger partial charge in [0.05, 0.1) is 0 Å². The Morgan fingerprint density at radius 2 is 2.06 bits per heavy atom. The van der Waals surface area contributed by atoms with Crippen molar-refractivity contribution in [1.82, 2.24) is 9.29 Å². The van der Waals surface area contributed by atoms with Gasteiger partial charge in [0.25, 0.3) is 0 Å². The second-order valence-corrected chi connectivity index (χ2v) is 10.4. The van der Waals surface area contributed by atoms with Crippen LogP contribution in [-0.4, -0.2) is 55.4 Å². The van der Waals surface area contributed by atoms with Crippen LogP contribution in [0.25, 0.3) is 0 Å². The SMILES string of the molecule is CCCCC1CN(c2ccccc2)c2nc(SC)c(O/C=C(\F)C(=O)O)cc2S(O)(O)N1C. The first-order chi connectivity index (χ1) is 15.7. The van der Waals surface area contributed by atoms with E-state index in [-0.39, 0.29) is 16.7 Å². The predicted octanol–water partition coefficient (Wildman–Crippen LogP) is 5.74. The lowest BCUT2D eigenvalue weighted by molar-refractivity contribution is -0.134. The zero-order valence-corrected chi connectivity index (χ0v) is 20.3. The Bertz CT molecular complexity index is 1020. The van der Waals surface area contributed by atoms with Crippen LogP contribution in [-0.2, 0) is 4.79 Å². The molecule has 180 valence electrons. The summed E-state index contributed by atoms with van der Waals surface area (Å²) in [7, 11) is -1.80. The molecule has 8 nitrogen and oxygen atoms in total. The minimum Gasteiger partial charge on any atom is -0.476 e. The van der Waals surface area contributed by atoms with Crippen molar-refractivity contribution in [3.8, 4) is 5.75 Å². The van der Waals surface area contributed by atoms with Crippen molar-refractivity contribution < 1.29 is 28.1 Å². The van der Waals surface area contributed by atoms with Crippen LogP contribution in [0.5, 0.6) is 5.75 Å². The van der Waals surface area contributed by atoms with Gasteiger partial charge in [-0.2, -0.15) is 4.39 Å². The first kappa shape index (κ1) is 25.3. The monoisotopic (exact) mass is 497 g/mol. The third-order valence-corrected chi connectivity index (χ3v) is 8.08. The highest BCUT2D eigenvalue weighted by Gasteiger charge is 2.38. The first-order valence-corrected chi connectivity index (χ1v) is 13.1. The molecule has 3 N–H and O–H groups in total. The zero-order chi connectivity index (χ0) is 24.2. The number of aromatic nitrogens is 1. The van der Waals surface area contributed by atoms with E-state index in [1.54, 1.807) is 17.6 Å². The van der Waals surface area contributed by atoms with Gasteiger partial charge in [0.15, 0.2) is 11.6 Å². The van der Waals surface area contributed by atoms with Gasteiger partial charge in [-0.15, -0.1) is 22.5 Å². The van der Waals surface area contributed by atoms with E-state index >= 15 is 0 Å². The van der Waals surface area contributed by atoms with Crippen molar-refractivity contribution in [2.75, 3.05) is 24.7 Å². The summed E-state index contributed by atoms with van der Waals surface area (Å²) in [4.78, 5) is 17.5. The summed E-state index contributed by atoms with van der Waals surface area (Å²) in [6.07, 6.45) is 4.86. The molecule has 1 unspecified atom stereocenters. The van der Waals surface area contributed by atoms with Gasteiger partial charge in [-0.25, -0.2) is 14.1 Å². The van der Waals surface area contributed by atoms with Gasteiger partial charge >= 0.3 is 5.97 Å².